The fraction of sp³-hybridized carbons (Fsp3) is 0.286. The summed E-state index contributed by atoms with van der Waals surface area (Å²) in [4.78, 5) is 19.5. The van der Waals surface area contributed by atoms with Gasteiger partial charge in [0.25, 0.3) is 0 Å². The van der Waals surface area contributed by atoms with Gasteiger partial charge in [0, 0.05) is 30.9 Å². The van der Waals surface area contributed by atoms with Crippen LogP contribution in [-0.4, -0.2) is 28.7 Å². The first-order valence-electron chi connectivity index (χ1n) is 10.00. The molecule has 0 aliphatic heterocycles. The molecule has 2 aromatic heterocycles. The summed E-state index contributed by atoms with van der Waals surface area (Å²) in [5.41, 5.74) is -1.39. The molecule has 1 aromatic carbocycles. The number of para-hydroxylation sites is 1. The summed E-state index contributed by atoms with van der Waals surface area (Å²) in [7, 11) is -2.38. The van der Waals surface area contributed by atoms with Crippen molar-refractivity contribution in [3.05, 3.63) is 64.3 Å². The van der Waals surface area contributed by atoms with Gasteiger partial charge >= 0.3 is 12.2 Å². The van der Waals surface area contributed by atoms with Crippen molar-refractivity contribution in [3.63, 3.8) is 0 Å². The molecule has 0 amide bonds. The van der Waals surface area contributed by atoms with Crippen LogP contribution in [0.4, 0.5) is 23.4 Å². The summed E-state index contributed by atoms with van der Waals surface area (Å²) in [6.45, 7) is 1.80. The SMILES string of the molecule is CCCCS(=O)(=O)Nc1cc(-c2ccc(=O)n(C)c2)nc(Oc2c(F)cccc2C(F)(F)F)n1. The van der Waals surface area contributed by atoms with E-state index in [1.54, 1.807) is 6.92 Å². The van der Waals surface area contributed by atoms with Crippen LogP contribution >= 0.6 is 0 Å². The minimum atomic E-state index is -4.93. The van der Waals surface area contributed by atoms with Gasteiger partial charge in [0.05, 0.1) is 11.4 Å². The number of halogens is 4. The van der Waals surface area contributed by atoms with E-state index < -0.39 is 39.3 Å². The highest BCUT2D eigenvalue weighted by molar-refractivity contribution is 7.92. The third-order valence-corrected chi connectivity index (χ3v) is 5.93. The number of alkyl halides is 3. The van der Waals surface area contributed by atoms with Crippen LogP contribution in [0.5, 0.6) is 11.8 Å². The maximum Gasteiger partial charge on any atom is 0.420 e. The number of rotatable bonds is 8. The Bertz CT molecular complexity index is 1360. The number of nitrogens with zero attached hydrogens (tertiary/aromatic N) is 3. The van der Waals surface area contributed by atoms with Gasteiger partial charge in [0.2, 0.25) is 15.6 Å². The average Bonchev–Trinajstić information content (AvgIpc) is 2.74. The van der Waals surface area contributed by atoms with Gasteiger partial charge in [-0.1, -0.05) is 19.4 Å². The first kappa shape index (κ1) is 25.1. The van der Waals surface area contributed by atoms with Gasteiger partial charge in [-0.15, -0.1) is 0 Å². The van der Waals surface area contributed by atoms with Crippen LogP contribution in [0.1, 0.15) is 25.3 Å². The zero-order chi connectivity index (χ0) is 25.1. The van der Waals surface area contributed by atoms with Gasteiger partial charge in [-0.25, -0.2) is 12.8 Å². The normalized spacial score (nSPS) is 11.9. The highest BCUT2D eigenvalue weighted by Crippen LogP contribution is 2.39. The summed E-state index contributed by atoms with van der Waals surface area (Å²) in [5.74, 6) is -2.98. The van der Waals surface area contributed by atoms with Crippen LogP contribution in [0.3, 0.4) is 0 Å². The monoisotopic (exact) mass is 500 g/mol. The summed E-state index contributed by atoms with van der Waals surface area (Å²) in [6, 6.07) is 5.38. The van der Waals surface area contributed by atoms with Crippen molar-refractivity contribution in [2.24, 2.45) is 7.05 Å². The number of aryl methyl sites for hydroxylation is 1. The smallest absolute Gasteiger partial charge is 0.420 e. The first-order chi connectivity index (χ1) is 15.9. The summed E-state index contributed by atoms with van der Waals surface area (Å²) in [6.07, 6.45) is -2.58. The van der Waals surface area contributed by atoms with Crippen molar-refractivity contribution in [1.82, 2.24) is 14.5 Å². The molecule has 0 unspecified atom stereocenters. The largest absolute Gasteiger partial charge is 0.420 e. The molecule has 0 aliphatic carbocycles. The number of sulfonamides is 1. The molecule has 0 fully saturated rings. The predicted octanol–water partition coefficient (Wildman–Crippen LogP) is 4.33. The molecule has 182 valence electrons. The number of benzene rings is 1. The van der Waals surface area contributed by atoms with Gasteiger partial charge in [0.15, 0.2) is 11.6 Å². The Morgan fingerprint density at radius 3 is 2.53 bits per heavy atom. The van der Waals surface area contributed by atoms with Crippen molar-refractivity contribution >= 4 is 15.8 Å². The Morgan fingerprint density at radius 2 is 1.88 bits per heavy atom. The second kappa shape index (κ2) is 9.79. The van der Waals surface area contributed by atoms with Crippen LogP contribution in [-0.2, 0) is 23.2 Å². The molecule has 13 heteroatoms. The van der Waals surface area contributed by atoms with Crippen LogP contribution in [0.2, 0.25) is 0 Å². The van der Waals surface area contributed by atoms with Crippen LogP contribution in [0, 0.1) is 5.82 Å². The number of hydrogen-bond acceptors (Lipinski definition) is 6. The molecule has 0 aliphatic rings. The summed E-state index contributed by atoms with van der Waals surface area (Å²) < 4.78 is 87.6. The van der Waals surface area contributed by atoms with Crippen LogP contribution < -0.4 is 15.0 Å². The van der Waals surface area contributed by atoms with Crippen molar-refractivity contribution in [2.45, 2.75) is 25.9 Å². The van der Waals surface area contributed by atoms with Gasteiger partial charge in [-0.2, -0.15) is 23.1 Å². The molecule has 0 spiro atoms. The lowest BCUT2D eigenvalue weighted by Gasteiger charge is -2.15. The number of aromatic nitrogens is 3. The molecular formula is C21H20F4N4O4S. The molecular weight excluding hydrogens is 480 g/mol. The Hall–Kier alpha value is -3.48. The van der Waals surface area contributed by atoms with E-state index in [0.29, 0.717) is 24.5 Å². The topological polar surface area (TPSA) is 103 Å². The van der Waals surface area contributed by atoms with Crippen molar-refractivity contribution in [2.75, 3.05) is 10.5 Å². The maximum atomic E-state index is 14.3. The lowest BCUT2D eigenvalue weighted by molar-refractivity contribution is -0.138. The highest BCUT2D eigenvalue weighted by atomic mass is 32.2. The van der Waals surface area contributed by atoms with E-state index in [-0.39, 0.29) is 22.8 Å². The Balaban J connectivity index is 2.12. The average molecular weight is 500 g/mol. The zero-order valence-electron chi connectivity index (χ0n) is 18.1. The second-order valence-corrected chi connectivity index (χ2v) is 9.12. The molecule has 3 aromatic rings. The first-order valence-corrected chi connectivity index (χ1v) is 11.6. The minimum absolute atomic E-state index is 0.0266. The van der Waals surface area contributed by atoms with Gasteiger partial charge < -0.3 is 9.30 Å². The molecule has 8 nitrogen and oxygen atoms in total. The summed E-state index contributed by atoms with van der Waals surface area (Å²) >= 11 is 0. The van der Waals surface area contributed by atoms with Gasteiger partial charge in [-0.05, 0) is 24.6 Å². The molecule has 1 N–H and O–H groups in total. The lowest BCUT2D eigenvalue weighted by Crippen LogP contribution is -2.18. The number of unbranched alkanes of at least 4 members (excludes halogenated alkanes) is 1. The molecule has 34 heavy (non-hydrogen) atoms. The molecule has 0 bridgehead atoms. The quantitative estimate of drug-likeness (QED) is 0.462. The van der Waals surface area contributed by atoms with E-state index in [0.717, 1.165) is 12.1 Å². The van der Waals surface area contributed by atoms with Crippen molar-refractivity contribution in [1.29, 1.82) is 0 Å². The number of pyridine rings is 1. The molecule has 3 rings (SSSR count). The van der Waals surface area contributed by atoms with Crippen LogP contribution in [0.25, 0.3) is 11.3 Å². The van der Waals surface area contributed by atoms with E-state index >= 15 is 0 Å². The zero-order valence-corrected chi connectivity index (χ0v) is 18.9. The molecule has 0 saturated carbocycles. The van der Waals surface area contributed by atoms with Gasteiger partial charge in [0.1, 0.15) is 11.4 Å². The van der Waals surface area contributed by atoms with E-state index in [4.69, 9.17) is 4.74 Å². The standard InChI is InChI=1S/C21H20F4N4O4S/c1-3-4-10-34(31,32)28-17-11-16(13-8-9-18(30)29(2)12-13)26-20(27-17)33-19-14(21(23,24)25)6-5-7-15(19)22/h5-9,11-12H,3-4,10H2,1-2H3,(H,26,27,28). The number of ether oxygens (including phenoxy) is 1. The second-order valence-electron chi connectivity index (χ2n) is 7.28. The molecule has 0 saturated heterocycles. The third-order valence-electron chi connectivity index (χ3n) is 4.58. The van der Waals surface area contributed by atoms with Gasteiger partial charge in [-0.3, -0.25) is 9.52 Å². The summed E-state index contributed by atoms with van der Waals surface area (Å²) in [5, 5.41) is 0. The number of nitrogens with one attached hydrogen (secondary N) is 1. The highest BCUT2D eigenvalue weighted by Gasteiger charge is 2.36. The fourth-order valence-corrected chi connectivity index (χ4v) is 4.08. The Labute approximate surface area is 192 Å². The molecule has 2 heterocycles. The van der Waals surface area contributed by atoms with E-state index in [1.807, 2.05) is 0 Å². The van der Waals surface area contributed by atoms with E-state index in [2.05, 4.69) is 14.7 Å². The lowest BCUT2D eigenvalue weighted by atomic mass is 10.2. The van der Waals surface area contributed by atoms with Crippen molar-refractivity contribution in [3.8, 4) is 23.0 Å². The minimum Gasteiger partial charge on any atom is -0.420 e. The number of anilines is 1. The fourth-order valence-electron chi connectivity index (χ4n) is 2.89. The third kappa shape index (κ3) is 6.10. The maximum absolute atomic E-state index is 14.3. The predicted molar refractivity (Wildman–Crippen MR) is 117 cm³/mol. The molecule has 0 atom stereocenters. The van der Waals surface area contributed by atoms with Crippen LogP contribution in [0.15, 0.2) is 47.4 Å². The molecule has 0 radical (unpaired) electrons. The van der Waals surface area contributed by atoms with E-state index in [9.17, 15) is 30.8 Å². The van der Waals surface area contributed by atoms with Crippen molar-refractivity contribution < 1.29 is 30.7 Å². The Morgan fingerprint density at radius 1 is 1.15 bits per heavy atom. The Kier molecular flexibility index (Phi) is 7.24. The number of hydrogen-bond donors (Lipinski definition) is 1. The van der Waals surface area contributed by atoms with E-state index in [1.165, 1.54) is 36.0 Å².